The summed E-state index contributed by atoms with van der Waals surface area (Å²) >= 11 is 0. The van der Waals surface area contributed by atoms with Gasteiger partial charge in [-0.3, -0.25) is 0 Å². The van der Waals surface area contributed by atoms with Crippen LogP contribution in [0.15, 0.2) is 24.3 Å². The van der Waals surface area contributed by atoms with Crippen LogP contribution < -0.4 is 5.73 Å². The van der Waals surface area contributed by atoms with Crippen molar-refractivity contribution in [3.63, 3.8) is 0 Å². The number of hydrogen-bond acceptors (Lipinski definition) is 3. The van der Waals surface area contributed by atoms with Gasteiger partial charge in [-0.25, -0.2) is 4.79 Å². The van der Waals surface area contributed by atoms with Crippen molar-refractivity contribution in [2.45, 2.75) is 44.6 Å². The summed E-state index contributed by atoms with van der Waals surface area (Å²) in [6.07, 6.45) is 4.48. The molecule has 3 nitrogen and oxygen atoms in total. The lowest BCUT2D eigenvalue weighted by atomic mass is 9.81. The van der Waals surface area contributed by atoms with Crippen molar-refractivity contribution < 1.29 is 9.53 Å². The molecule has 0 radical (unpaired) electrons. The first-order valence-corrected chi connectivity index (χ1v) is 6.73. The van der Waals surface area contributed by atoms with Crippen LogP contribution in [-0.2, 0) is 4.74 Å². The van der Waals surface area contributed by atoms with E-state index in [0.717, 1.165) is 12.8 Å². The standard InChI is InChI=1S/C15H21NO2/c1-2-18-15(17)13-7-3-5-11(9-13)12-6-4-8-14(16)10-12/h3,5,7,9,12,14H,2,4,6,8,10,16H2,1H3. The highest BCUT2D eigenvalue weighted by Crippen LogP contribution is 2.32. The van der Waals surface area contributed by atoms with Gasteiger partial charge in [-0.2, -0.15) is 0 Å². The van der Waals surface area contributed by atoms with E-state index in [2.05, 4.69) is 6.07 Å². The zero-order valence-electron chi connectivity index (χ0n) is 10.9. The van der Waals surface area contributed by atoms with Crippen LogP contribution in [0, 0.1) is 0 Å². The summed E-state index contributed by atoms with van der Waals surface area (Å²) < 4.78 is 5.03. The second-order valence-corrected chi connectivity index (χ2v) is 4.97. The normalized spacial score (nSPS) is 23.7. The number of nitrogens with two attached hydrogens (primary N) is 1. The lowest BCUT2D eigenvalue weighted by Gasteiger charge is -2.27. The van der Waals surface area contributed by atoms with Crippen LogP contribution >= 0.6 is 0 Å². The Bertz CT molecular complexity index is 417. The van der Waals surface area contributed by atoms with Gasteiger partial charge in [0.25, 0.3) is 0 Å². The molecule has 3 heteroatoms. The third-order valence-electron chi connectivity index (χ3n) is 3.58. The predicted octanol–water partition coefficient (Wildman–Crippen LogP) is 2.85. The number of rotatable bonds is 3. The maximum absolute atomic E-state index is 11.7. The van der Waals surface area contributed by atoms with Crippen LogP contribution in [0.3, 0.4) is 0 Å². The van der Waals surface area contributed by atoms with Crippen LogP contribution in [0.5, 0.6) is 0 Å². The van der Waals surface area contributed by atoms with Crippen LogP contribution in [0.2, 0.25) is 0 Å². The van der Waals surface area contributed by atoms with Crippen molar-refractivity contribution in [3.05, 3.63) is 35.4 Å². The van der Waals surface area contributed by atoms with E-state index in [0.29, 0.717) is 24.1 Å². The van der Waals surface area contributed by atoms with Crippen LogP contribution in [-0.4, -0.2) is 18.6 Å². The van der Waals surface area contributed by atoms with Gasteiger partial charge >= 0.3 is 5.97 Å². The van der Waals surface area contributed by atoms with E-state index in [1.54, 1.807) is 0 Å². The molecule has 2 unspecified atom stereocenters. The molecule has 1 fully saturated rings. The van der Waals surface area contributed by atoms with E-state index in [-0.39, 0.29) is 5.97 Å². The summed E-state index contributed by atoms with van der Waals surface area (Å²) in [6, 6.07) is 8.09. The zero-order valence-corrected chi connectivity index (χ0v) is 10.9. The van der Waals surface area contributed by atoms with Gasteiger partial charge in [-0.05, 0) is 49.8 Å². The Balaban J connectivity index is 2.13. The van der Waals surface area contributed by atoms with E-state index in [9.17, 15) is 4.79 Å². The Hall–Kier alpha value is -1.35. The van der Waals surface area contributed by atoms with E-state index >= 15 is 0 Å². The number of carbonyl (C=O) groups is 1. The Labute approximate surface area is 108 Å². The van der Waals surface area contributed by atoms with Crippen molar-refractivity contribution in [3.8, 4) is 0 Å². The molecule has 98 valence electrons. The molecule has 0 spiro atoms. The first-order chi connectivity index (χ1) is 8.70. The summed E-state index contributed by atoms with van der Waals surface area (Å²) in [5.74, 6) is 0.252. The quantitative estimate of drug-likeness (QED) is 0.836. The number of carbonyl (C=O) groups excluding carboxylic acids is 1. The highest BCUT2D eigenvalue weighted by Gasteiger charge is 2.21. The summed E-state index contributed by atoms with van der Waals surface area (Å²) in [5.41, 5.74) is 7.88. The van der Waals surface area contributed by atoms with Gasteiger partial charge in [-0.15, -0.1) is 0 Å². The van der Waals surface area contributed by atoms with Gasteiger partial charge in [0.15, 0.2) is 0 Å². The molecular formula is C15H21NO2. The molecule has 1 aliphatic carbocycles. The minimum atomic E-state index is -0.237. The topological polar surface area (TPSA) is 52.3 Å². The molecule has 2 atom stereocenters. The maximum Gasteiger partial charge on any atom is 0.338 e. The van der Waals surface area contributed by atoms with Crippen molar-refractivity contribution in [1.82, 2.24) is 0 Å². The highest BCUT2D eigenvalue weighted by atomic mass is 16.5. The molecule has 0 saturated heterocycles. The average molecular weight is 247 g/mol. The molecule has 1 aliphatic rings. The molecule has 0 heterocycles. The number of ether oxygens (including phenoxy) is 1. The second kappa shape index (κ2) is 6.01. The minimum absolute atomic E-state index is 0.237. The first-order valence-electron chi connectivity index (χ1n) is 6.73. The van der Waals surface area contributed by atoms with Crippen molar-refractivity contribution >= 4 is 5.97 Å². The Morgan fingerprint density at radius 1 is 1.44 bits per heavy atom. The van der Waals surface area contributed by atoms with Crippen LogP contribution in [0.25, 0.3) is 0 Å². The van der Waals surface area contributed by atoms with Gasteiger partial charge in [0.05, 0.1) is 12.2 Å². The smallest absolute Gasteiger partial charge is 0.338 e. The maximum atomic E-state index is 11.7. The number of hydrogen-bond donors (Lipinski definition) is 1. The Kier molecular flexibility index (Phi) is 4.37. The lowest BCUT2D eigenvalue weighted by Crippen LogP contribution is -2.26. The van der Waals surface area contributed by atoms with Crippen LogP contribution in [0.4, 0.5) is 0 Å². The molecular weight excluding hydrogens is 226 g/mol. The van der Waals surface area contributed by atoms with Gasteiger partial charge < -0.3 is 10.5 Å². The molecule has 1 saturated carbocycles. The van der Waals surface area contributed by atoms with Crippen molar-refractivity contribution in [2.75, 3.05) is 6.61 Å². The summed E-state index contributed by atoms with van der Waals surface area (Å²) in [6.45, 7) is 2.24. The van der Waals surface area contributed by atoms with Gasteiger partial charge in [-0.1, -0.05) is 18.6 Å². The summed E-state index contributed by atoms with van der Waals surface area (Å²) in [4.78, 5) is 11.7. The third kappa shape index (κ3) is 3.10. The Morgan fingerprint density at radius 3 is 3.00 bits per heavy atom. The summed E-state index contributed by atoms with van der Waals surface area (Å²) in [7, 11) is 0. The monoisotopic (exact) mass is 247 g/mol. The molecule has 1 aromatic rings. The van der Waals surface area contributed by atoms with E-state index in [1.807, 2.05) is 25.1 Å². The molecule has 2 rings (SSSR count). The molecule has 2 N–H and O–H groups in total. The molecule has 0 aliphatic heterocycles. The minimum Gasteiger partial charge on any atom is -0.462 e. The lowest BCUT2D eigenvalue weighted by molar-refractivity contribution is 0.0526. The predicted molar refractivity (Wildman–Crippen MR) is 71.6 cm³/mol. The van der Waals surface area contributed by atoms with E-state index in [1.165, 1.54) is 18.4 Å². The Morgan fingerprint density at radius 2 is 2.28 bits per heavy atom. The van der Waals surface area contributed by atoms with Crippen molar-refractivity contribution in [2.24, 2.45) is 5.73 Å². The number of benzene rings is 1. The average Bonchev–Trinajstić information content (AvgIpc) is 2.39. The fourth-order valence-electron chi connectivity index (χ4n) is 2.66. The highest BCUT2D eigenvalue weighted by molar-refractivity contribution is 5.89. The van der Waals surface area contributed by atoms with Gasteiger partial charge in [0.2, 0.25) is 0 Å². The second-order valence-electron chi connectivity index (χ2n) is 4.97. The molecule has 0 amide bonds. The molecule has 18 heavy (non-hydrogen) atoms. The molecule has 0 aromatic heterocycles. The van der Waals surface area contributed by atoms with Gasteiger partial charge in [0, 0.05) is 6.04 Å². The largest absolute Gasteiger partial charge is 0.462 e. The van der Waals surface area contributed by atoms with E-state index < -0.39 is 0 Å². The fraction of sp³-hybridized carbons (Fsp3) is 0.533. The SMILES string of the molecule is CCOC(=O)c1cccc(C2CCCC(N)C2)c1. The molecule has 0 bridgehead atoms. The third-order valence-corrected chi connectivity index (χ3v) is 3.58. The van der Waals surface area contributed by atoms with Gasteiger partial charge in [0.1, 0.15) is 0 Å². The first kappa shape index (κ1) is 13.1. The zero-order chi connectivity index (χ0) is 13.0. The number of esters is 1. The van der Waals surface area contributed by atoms with Crippen molar-refractivity contribution in [1.29, 1.82) is 0 Å². The fourth-order valence-corrected chi connectivity index (χ4v) is 2.66. The molecule has 1 aromatic carbocycles. The summed E-state index contributed by atoms with van der Waals surface area (Å²) in [5, 5.41) is 0. The van der Waals surface area contributed by atoms with Crippen LogP contribution in [0.1, 0.15) is 54.4 Å². The van der Waals surface area contributed by atoms with E-state index in [4.69, 9.17) is 10.5 Å².